The summed E-state index contributed by atoms with van der Waals surface area (Å²) in [5, 5.41) is 3.15. The zero-order valence-corrected chi connectivity index (χ0v) is 15.3. The highest BCUT2D eigenvalue weighted by Crippen LogP contribution is 2.34. The van der Waals surface area contributed by atoms with Crippen LogP contribution in [-0.2, 0) is 4.79 Å². The minimum absolute atomic E-state index is 0.0300. The van der Waals surface area contributed by atoms with Gasteiger partial charge in [-0.2, -0.15) is 0 Å². The molecular weight excluding hydrogens is 334 g/mol. The fourth-order valence-corrected chi connectivity index (χ4v) is 3.50. The Balaban J connectivity index is 1.65. The van der Waals surface area contributed by atoms with Crippen molar-refractivity contribution in [2.24, 2.45) is 5.92 Å². The van der Waals surface area contributed by atoms with Crippen molar-refractivity contribution in [3.05, 3.63) is 54.1 Å². The molecule has 2 aromatic carbocycles. The molecule has 0 aromatic heterocycles. The summed E-state index contributed by atoms with van der Waals surface area (Å²) in [6, 6.07) is 15.8. The van der Waals surface area contributed by atoms with Crippen molar-refractivity contribution in [2.75, 3.05) is 19.0 Å². The lowest BCUT2D eigenvalue weighted by Crippen LogP contribution is -2.33. The monoisotopic (exact) mass is 357 g/mol. The Morgan fingerprint density at radius 1 is 1.08 bits per heavy atom. The number of nitrogens with one attached hydrogen (secondary N) is 1. The molecule has 1 heterocycles. The number of ether oxygens (including phenoxy) is 2. The van der Waals surface area contributed by atoms with E-state index in [-0.39, 0.29) is 17.9 Å². The first-order valence-corrected chi connectivity index (χ1v) is 9.49. The third kappa shape index (κ3) is 4.69. The van der Waals surface area contributed by atoms with Gasteiger partial charge in [0.25, 0.3) is 0 Å². The molecule has 1 N–H and O–H groups in total. The molecule has 1 aliphatic heterocycles. The van der Waals surface area contributed by atoms with Crippen LogP contribution in [0.15, 0.2) is 53.4 Å². The first-order chi connectivity index (χ1) is 12.1. The SMILES string of the molecule is CC(C)[C@@H](NC(=O)CSc1ccccc1)c1ccc2c(c1)OCCO2. The van der Waals surface area contributed by atoms with Gasteiger partial charge in [-0.05, 0) is 35.7 Å². The summed E-state index contributed by atoms with van der Waals surface area (Å²) in [7, 11) is 0. The molecule has 0 spiro atoms. The highest BCUT2D eigenvalue weighted by atomic mass is 32.2. The molecule has 0 aliphatic carbocycles. The van der Waals surface area contributed by atoms with Gasteiger partial charge < -0.3 is 14.8 Å². The lowest BCUT2D eigenvalue weighted by Gasteiger charge is -2.25. The second kappa shape index (κ2) is 8.30. The van der Waals surface area contributed by atoms with Gasteiger partial charge in [0.2, 0.25) is 5.91 Å². The number of carbonyl (C=O) groups excluding carboxylic acids is 1. The molecular formula is C20H23NO3S. The molecule has 1 atom stereocenters. The Labute approximate surface area is 152 Å². The lowest BCUT2D eigenvalue weighted by atomic mass is 9.95. The van der Waals surface area contributed by atoms with Gasteiger partial charge >= 0.3 is 0 Å². The van der Waals surface area contributed by atoms with E-state index in [2.05, 4.69) is 19.2 Å². The standard InChI is InChI=1S/C20H23NO3S/c1-14(2)20(15-8-9-17-18(12-15)24-11-10-23-17)21-19(22)13-25-16-6-4-3-5-7-16/h3-9,12,14,20H,10-11,13H2,1-2H3,(H,21,22)/t20-/m1/s1. The largest absolute Gasteiger partial charge is 0.486 e. The van der Waals surface area contributed by atoms with E-state index in [4.69, 9.17) is 9.47 Å². The number of carbonyl (C=O) groups is 1. The molecule has 1 aliphatic rings. The number of thioether (sulfide) groups is 1. The first kappa shape index (κ1) is 17.7. The van der Waals surface area contributed by atoms with Crippen molar-refractivity contribution < 1.29 is 14.3 Å². The Hall–Kier alpha value is -2.14. The molecule has 0 bridgehead atoms. The van der Waals surface area contributed by atoms with Gasteiger partial charge in [-0.15, -0.1) is 11.8 Å². The third-order valence-corrected chi connectivity index (χ3v) is 5.03. The van der Waals surface area contributed by atoms with E-state index >= 15 is 0 Å². The highest BCUT2D eigenvalue weighted by molar-refractivity contribution is 8.00. The van der Waals surface area contributed by atoms with Crippen LogP contribution < -0.4 is 14.8 Å². The summed E-state index contributed by atoms with van der Waals surface area (Å²) < 4.78 is 11.2. The van der Waals surface area contributed by atoms with Crippen LogP contribution >= 0.6 is 11.8 Å². The number of fused-ring (bicyclic) bond motifs is 1. The predicted octanol–water partition coefficient (Wildman–Crippen LogP) is 4.06. The topological polar surface area (TPSA) is 47.6 Å². The minimum atomic E-state index is -0.0558. The number of hydrogen-bond acceptors (Lipinski definition) is 4. The summed E-state index contributed by atoms with van der Waals surface area (Å²) in [6.07, 6.45) is 0. The maximum Gasteiger partial charge on any atom is 0.230 e. The Bertz CT molecular complexity index is 718. The van der Waals surface area contributed by atoms with E-state index in [9.17, 15) is 4.79 Å². The van der Waals surface area contributed by atoms with Crippen molar-refractivity contribution >= 4 is 17.7 Å². The van der Waals surface area contributed by atoms with Gasteiger partial charge in [-0.1, -0.05) is 38.1 Å². The van der Waals surface area contributed by atoms with Gasteiger partial charge in [0, 0.05) is 4.90 Å². The second-order valence-electron chi connectivity index (χ2n) is 6.29. The van der Waals surface area contributed by atoms with Crippen LogP contribution in [-0.4, -0.2) is 24.9 Å². The minimum Gasteiger partial charge on any atom is -0.486 e. The van der Waals surface area contributed by atoms with Crippen LogP contribution in [0.5, 0.6) is 11.5 Å². The fourth-order valence-electron chi connectivity index (χ4n) is 2.77. The second-order valence-corrected chi connectivity index (χ2v) is 7.34. The lowest BCUT2D eigenvalue weighted by molar-refractivity contribution is -0.119. The van der Waals surface area contributed by atoms with E-state index in [0.29, 0.717) is 19.0 Å². The van der Waals surface area contributed by atoms with Gasteiger partial charge in [0.1, 0.15) is 13.2 Å². The van der Waals surface area contributed by atoms with Crippen molar-refractivity contribution in [1.29, 1.82) is 0 Å². The van der Waals surface area contributed by atoms with E-state index < -0.39 is 0 Å². The van der Waals surface area contributed by atoms with Crippen LogP contribution in [0.3, 0.4) is 0 Å². The Kier molecular flexibility index (Phi) is 5.87. The zero-order chi connectivity index (χ0) is 17.6. The average Bonchev–Trinajstić information content (AvgIpc) is 2.64. The molecule has 3 rings (SSSR count). The van der Waals surface area contributed by atoms with Crippen LogP contribution in [0.25, 0.3) is 0 Å². The molecule has 132 valence electrons. The molecule has 0 saturated heterocycles. The maximum atomic E-state index is 12.4. The molecule has 0 fully saturated rings. The first-order valence-electron chi connectivity index (χ1n) is 8.50. The fraction of sp³-hybridized carbons (Fsp3) is 0.350. The van der Waals surface area contributed by atoms with Gasteiger partial charge in [0.15, 0.2) is 11.5 Å². The quantitative estimate of drug-likeness (QED) is 0.792. The molecule has 0 unspecified atom stereocenters. The Morgan fingerprint density at radius 3 is 2.52 bits per heavy atom. The molecule has 0 radical (unpaired) electrons. The van der Waals surface area contributed by atoms with E-state index in [1.165, 1.54) is 0 Å². The molecule has 0 saturated carbocycles. The highest BCUT2D eigenvalue weighted by Gasteiger charge is 2.21. The summed E-state index contributed by atoms with van der Waals surface area (Å²) in [5.74, 6) is 2.22. The van der Waals surface area contributed by atoms with Crippen molar-refractivity contribution in [2.45, 2.75) is 24.8 Å². The average molecular weight is 357 g/mol. The molecule has 1 amide bonds. The summed E-state index contributed by atoms with van der Waals surface area (Å²) in [5.41, 5.74) is 1.04. The zero-order valence-electron chi connectivity index (χ0n) is 14.5. The normalized spacial score (nSPS) is 14.2. The molecule has 25 heavy (non-hydrogen) atoms. The van der Waals surface area contributed by atoms with Crippen LogP contribution in [0, 0.1) is 5.92 Å². The van der Waals surface area contributed by atoms with E-state index in [1.54, 1.807) is 11.8 Å². The Morgan fingerprint density at radius 2 is 1.80 bits per heavy atom. The van der Waals surface area contributed by atoms with Crippen molar-refractivity contribution in [1.82, 2.24) is 5.32 Å². The number of amides is 1. The number of rotatable bonds is 6. The summed E-state index contributed by atoms with van der Waals surface area (Å²) in [4.78, 5) is 13.5. The molecule has 4 nitrogen and oxygen atoms in total. The molecule has 2 aromatic rings. The summed E-state index contributed by atoms with van der Waals surface area (Å²) in [6.45, 7) is 5.34. The predicted molar refractivity (Wildman–Crippen MR) is 100 cm³/mol. The summed E-state index contributed by atoms with van der Waals surface area (Å²) >= 11 is 1.54. The third-order valence-electron chi connectivity index (χ3n) is 4.02. The number of benzene rings is 2. The van der Waals surface area contributed by atoms with E-state index in [0.717, 1.165) is 22.0 Å². The van der Waals surface area contributed by atoms with Crippen molar-refractivity contribution in [3.63, 3.8) is 0 Å². The van der Waals surface area contributed by atoms with Gasteiger partial charge in [-0.3, -0.25) is 4.79 Å². The van der Waals surface area contributed by atoms with Gasteiger partial charge in [-0.25, -0.2) is 0 Å². The van der Waals surface area contributed by atoms with Gasteiger partial charge in [0.05, 0.1) is 11.8 Å². The molecule has 5 heteroatoms. The maximum absolute atomic E-state index is 12.4. The van der Waals surface area contributed by atoms with Crippen LogP contribution in [0.4, 0.5) is 0 Å². The van der Waals surface area contributed by atoms with Crippen LogP contribution in [0.2, 0.25) is 0 Å². The van der Waals surface area contributed by atoms with Crippen LogP contribution in [0.1, 0.15) is 25.5 Å². The van der Waals surface area contributed by atoms with Crippen molar-refractivity contribution in [3.8, 4) is 11.5 Å². The van der Waals surface area contributed by atoms with E-state index in [1.807, 2.05) is 48.5 Å². The number of hydrogen-bond donors (Lipinski definition) is 1. The smallest absolute Gasteiger partial charge is 0.230 e.